The highest BCUT2D eigenvalue weighted by Gasteiger charge is 2.17. The second-order valence-corrected chi connectivity index (χ2v) is 5.86. The average Bonchev–Trinajstić information content (AvgIpc) is 2.51. The minimum absolute atomic E-state index is 0.159. The molecule has 3 aromatic rings. The molecule has 0 aliphatic heterocycles. The van der Waals surface area contributed by atoms with Crippen molar-refractivity contribution in [1.82, 2.24) is 5.43 Å². The van der Waals surface area contributed by atoms with Gasteiger partial charge in [-0.1, -0.05) is 58.4 Å². The number of hydrazine groups is 1. The van der Waals surface area contributed by atoms with Crippen molar-refractivity contribution >= 4 is 32.4 Å². The van der Waals surface area contributed by atoms with E-state index < -0.39 is 0 Å². The lowest BCUT2D eigenvalue weighted by Gasteiger charge is -2.21. The molecule has 3 rings (SSSR count). The van der Waals surface area contributed by atoms with Crippen LogP contribution in [0.1, 0.15) is 17.2 Å². The van der Waals surface area contributed by atoms with Gasteiger partial charge in [0.05, 0.1) is 6.04 Å². The molecule has 0 aliphatic carbocycles. The number of anilines is 1. The highest BCUT2D eigenvalue weighted by Crippen LogP contribution is 2.32. The number of nitrogens with two attached hydrogens (primary N) is 2. The Hall–Kier alpha value is -1.88. The highest BCUT2D eigenvalue weighted by atomic mass is 79.9. The van der Waals surface area contributed by atoms with Gasteiger partial charge >= 0.3 is 0 Å². The summed E-state index contributed by atoms with van der Waals surface area (Å²) >= 11 is 3.49. The van der Waals surface area contributed by atoms with Gasteiger partial charge in [0.25, 0.3) is 0 Å². The number of hydrogen-bond acceptors (Lipinski definition) is 3. The molecule has 1 atom stereocenters. The molecule has 5 N–H and O–H groups in total. The summed E-state index contributed by atoms with van der Waals surface area (Å²) in [5.74, 6) is 5.83. The molecule has 0 saturated carbocycles. The van der Waals surface area contributed by atoms with E-state index >= 15 is 0 Å². The minimum atomic E-state index is -0.159. The molecule has 4 heteroatoms. The molecule has 0 aromatic heterocycles. The van der Waals surface area contributed by atoms with E-state index in [1.165, 1.54) is 10.8 Å². The quantitative estimate of drug-likeness (QED) is 0.386. The third kappa shape index (κ3) is 2.65. The fourth-order valence-electron chi connectivity index (χ4n) is 2.64. The first-order chi connectivity index (χ1) is 10.2. The molecule has 106 valence electrons. The zero-order chi connectivity index (χ0) is 14.8. The second kappa shape index (κ2) is 5.85. The predicted octanol–water partition coefficient (Wildman–Crippen LogP) is 3.74. The van der Waals surface area contributed by atoms with Crippen LogP contribution in [0.25, 0.3) is 10.8 Å². The van der Waals surface area contributed by atoms with Crippen LogP contribution in [0.5, 0.6) is 0 Å². The molecule has 0 bridgehead atoms. The lowest BCUT2D eigenvalue weighted by molar-refractivity contribution is 0.642. The molecule has 21 heavy (non-hydrogen) atoms. The van der Waals surface area contributed by atoms with Gasteiger partial charge in [0.1, 0.15) is 0 Å². The number of fused-ring (bicyclic) bond motifs is 1. The maximum absolute atomic E-state index is 6.13. The van der Waals surface area contributed by atoms with Crippen LogP contribution in [0.15, 0.2) is 65.1 Å². The molecule has 0 fully saturated rings. The molecular formula is C17H16BrN3. The van der Waals surface area contributed by atoms with E-state index in [2.05, 4.69) is 45.6 Å². The molecule has 3 aromatic carbocycles. The normalized spacial score (nSPS) is 12.5. The average molecular weight is 342 g/mol. The first kappa shape index (κ1) is 14.1. The predicted molar refractivity (Wildman–Crippen MR) is 91.7 cm³/mol. The molecule has 0 radical (unpaired) electrons. The Labute approximate surface area is 132 Å². The van der Waals surface area contributed by atoms with Crippen molar-refractivity contribution < 1.29 is 0 Å². The summed E-state index contributed by atoms with van der Waals surface area (Å²) in [7, 11) is 0. The third-order valence-electron chi connectivity index (χ3n) is 3.66. The van der Waals surface area contributed by atoms with Crippen molar-refractivity contribution in [3.05, 3.63) is 76.3 Å². The van der Waals surface area contributed by atoms with E-state index in [4.69, 9.17) is 11.6 Å². The van der Waals surface area contributed by atoms with Crippen molar-refractivity contribution in [2.24, 2.45) is 5.84 Å². The van der Waals surface area contributed by atoms with Gasteiger partial charge in [-0.05, 0) is 40.1 Å². The van der Waals surface area contributed by atoms with Crippen molar-refractivity contribution in [3.8, 4) is 0 Å². The van der Waals surface area contributed by atoms with E-state index in [1.54, 1.807) is 0 Å². The molecule has 0 heterocycles. The van der Waals surface area contributed by atoms with Gasteiger partial charge in [-0.3, -0.25) is 5.84 Å². The Morgan fingerprint density at radius 1 is 0.905 bits per heavy atom. The fourth-order valence-corrected chi connectivity index (χ4v) is 3.02. The molecular weight excluding hydrogens is 326 g/mol. The van der Waals surface area contributed by atoms with Gasteiger partial charge < -0.3 is 5.73 Å². The van der Waals surface area contributed by atoms with Crippen LogP contribution in [-0.2, 0) is 0 Å². The van der Waals surface area contributed by atoms with Gasteiger partial charge in [-0.25, -0.2) is 5.43 Å². The van der Waals surface area contributed by atoms with E-state index in [9.17, 15) is 0 Å². The van der Waals surface area contributed by atoms with Gasteiger partial charge in [0.2, 0.25) is 0 Å². The van der Waals surface area contributed by atoms with E-state index in [0.717, 1.165) is 15.6 Å². The SMILES string of the molecule is NNC(c1cc(Br)ccc1N)c1cccc2ccccc12. The Kier molecular flexibility index (Phi) is 3.92. The minimum Gasteiger partial charge on any atom is -0.398 e. The van der Waals surface area contributed by atoms with Crippen LogP contribution in [-0.4, -0.2) is 0 Å². The summed E-state index contributed by atoms with van der Waals surface area (Å²) < 4.78 is 0.979. The molecule has 1 unspecified atom stereocenters. The maximum atomic E-state index is 6.13. The lowest BCUT2D eigenvalue weighted by atomic mass is 9.93. The Morgan fingerprint density at radius 3 is 2.48 bits per heavy atom. The molecule has 0 aliphatic rings. The zero-order valence-corrected chi connectivity index (χ0v) is 13.0. The number of benzene rings is 3. The first-order valence-electron chi connectivity index (χ1n) is 6.69. The van der Waals surface area contributed by atoms with Gasteiger partial charge in [-0.2, -0.15) is 0 Å². The van der Waals surface area contributed by atoms with Gasteiger partial charge in [0.15, 0.2) is 0 Å². The summed E-state index contributed by atoms with van der Waals surface area (Å²) in [4.78, 5) is 0. The van der Waals surface area contributed by atoms with Crippen molar-refractivity contribution in [3.63, 3.8) is 0 Å². The maximum Gasteiger partial charge on any atom is 0.0736 e. The third-order valence-corrected chi connectivity index (χ3v) is 4.15. The lowest BCUT2D eigenvalue weighted by Crippen LogP contribution is -2.29. The van der Waals surface area contributed by atoms with Gasteiger partial charge in [0, 0.05) is 10.2 Å². The van der Waals surface area contributed by atoms with E-state index in [0.29, 0.717) is 5.69 Å². The molecule has 3 nitrogen and oxygen atoms in total. The Bertz CT molecular complexity index is 781. The van der Waals surface area contributed by atoms with Crippen LogP contribution >= 0.6 is 15.9 Å². The number of nitrogen functional groups attached to an aromatic ring is 1. The van der Waals surface area contributed by atoms with Crippen LogP contribution in [0, 0.1) is 0 Å². The molecule has 0 amide bonds. The summed E-state index contributed by atoms with van der Waals surface area (Å²) in [6, 6.07) is 20.1. The number of hydrogen-bond donors (Lipinski definition) is 3. The first-order valence-corrected chi connectivity index (χ1v) is 7.48. The zero-order valence-electron chi connectivity index (χ0n) is 11.4. The Morgan fingerprint density at radius 2 is 1.67 bits per heavy atom. The summed E-state index contributed by atoms with van der Waals surface area (Å²) in [6.07, 6.45) is 0. The fraction of sp³-hybridized carbons (Fsp3) is 0.0588. The monoisotopic (exact) mass is 341 g/mol. The Balaban J connectivity index is 2.21. The van der Waals surface area contributed by atoms with Crippen LogP contribution in [0.3, 0.4) is 0 Å². The standard InChI is InChI=1S/C17H16BrN3/c18-12-8-9-16(19)15(10-12)17(21-20)14-7-3-5-11-4-1-2-6-13(11)14/h1-10,17,21H,19-20H2. The topological polar surface area (TPSA) is 64.1 Å². The van der Waals surface area contributed by atoms with Crippen LogP contribution in [0.4, 0.5) is 5.69 Å². The summed E-state index contributed by atoms with van der Waals surface area (Å²) in [5.41, 5.74) is 11.8. The van der Waals surface area contributed by atoms with E-state index in [-0.39, 0.29) is 6.04 Å². The van der Waals surface area contributed by atoms with E-state index in [1.807, 2.05) is 36.4 Å². The van der Waals surface area contributed by atoms with Crippen molar-refractivity contribution in [1.29, 1.82) is 0 Å². The highest BCUT2D eigenvalue weighted by molar-refractivity contribution is 9.10. The molecule has 0 spiro atoms. The molecule has 0 saturated heterocycles. The number of halogens is 1. The largest absolute Gasteiger partial charge is 0.398 e. The van der Waals surface area contributed by atoms with Crippen molar-refractivity contribution in [2.75, 3.05) is 5.73 Å². The number of rotatable bonds is 3. The summed E-state index contributed by atoms with van der Waals surface area (Å²) in [6.45, 7) is 0. The second-order valence-electron chi connectivity index (χ2n) is 4.94. The number of nitrogens with one attached hydrogen (secondary N) is 1. The van der Waals surface area contributed by atoms with Crippen LogP contribution in [0.2, 0.25) is 0 Å². The van der Waals surface area contributed by atoms with Gasteiger partial charge in [-0.15, -0.1) is 0 Å². The smallest absolute Gasteiger partial charge is 0.0736 e. The van der Waals surface area contributed by atoms with Crippen molar-refractivity contribution in [2.45, 2.75) is 6.04 Å². The van der Waals surface area contributed by atoms with Crippen LogP contribution < -0.4 is 17.0 Å². The summed E-state index contributed by atoms with van der Waals surface area (Å²) in [5, 5.41) is 2.35.